The van der Waals surface area contributed by atoms with Gasteiger partial charge in [0.2, 0.25) is 10.0 Å². The van der Waals surface area contributed by atoms with Crippen molar-refractivity contribution in [2.45, 2.75) is 24.8 Å². The van der Waals surface area contributed by atoms with E-state index in [-0.39, 0.29) is 15.6 Å². The second-order valence-electron chi connectivity index (χ2n) is 7.40. The molecule has 1 saturated heterocycles. The third-order valence-electron chi connectivity index (χ3n) is 5.36. The van der Waals surface area contributed by atoms with Gasteiger partial charge in [-0.15, -0.1) is 11.3 Å². The fourth-order valence-electron chi connectivity index (χ4n) is 3.62. The summed E-state index contributed by atoms with van der Waals surface area (Å²) in [5.41, 5.74) is 2.30. The van der Waals surface area contributed by atoms with Crippen molar-refractivity contribution in [3.05, 3.63) is 63.9 Å². The summed E-state index contributed by atoms with van der Waals surface area (Å²) in [7, 11) is -3.72. The maximum Gasteiger partial charge on any atom is 0.263 e. The summed E-state index contributed by atoms with van der Waals surface area (Å²) in [5.74, 6) is 0.731. The average Bonchev–Trinajstić information content (AvgIpc) is 3.43. The van der Waals surface area contributed by atoms with Crippen molar-refractivity contribution < 1.29 is 17.6 Å². The number of amides is 1. The van der Waals surface area contributed by atoms with Crippen molar-refractivity contribution in [2.24, 2.45) is 0 Å². The molecule has 1 aliphatic heterocycles. The van der Waals surface area contributed by atoms with E-state index in [9.17, 15) is 17.6 Å². The zero-order chi connectivity index (χ0) is 22.9. The Bertz CT molecular complexity index is 1220. The third kappa shape index (κ3) is 4.47. The van der Waals surface area contributed by atoms with Crippen LogP contribution in [-0.4, -0.2) is 53.0 Å². The molecule has 3 aromatic rings. The molecule has 0 spiro atoms. The highest BCUT2D eigenvalue weighted by Crippen LogP contribution is 2.28. The Labute approximate surface area is 194 Å². The van der Waals surface area contributed by atoms with Gasteiger partial charge in [0.15, 0.2) is 0 Å². The molecule has 1 fully saturated rings. The number of hydrogen-bond acceptors (Lipinski definition) is 6. The molecule has 1 unspecified atom stereocenters. The first kappa shape index (κ1) is 23.0. The largest absolute Gasteiger partial charge is 0.345 e. The standard InChI is InChI=1S/C21H23FN4O3S3/c1-14(18-13-23-26(15(18)2)17-5-3-16(22)4-6-17)24-21(27)20-19(7-10-31-20)32(28,29)25-8-11-30-12-9-25/h3-7,10,13-14H,8-9,11-12H2,1-2H3,(H,24,27). The van der Waals surface area contributed by atoms with Crippen LogP contribution in [0.4, 0.5) is 4.39 Å². The molecule has 7 nitrogen and oxygen atoms in total. The van der Waals surface area contributed by atoms with E-state index in [1.165, 1.54) is 22.5 Å². The van der Waals surface area contributed by atoms with E-state index >= 15 is 0 Å². The lowest BCUT2D eigenvalue weighted by Crippen LogP contribution is -2.38. The highest BCUT2D eigenvalue weighted by atomic mass is 32.2. The number of halogens is 1. The number of hydrogen-bond donors (Lipinski definition) is 1. The van der Waals surface area contributed by atoms with Crippen LogP contribution in [0.25, 0.3) is 5.69 Å². The van der Waals surface area contributed by atoms with Gasteiger partial charge in [0.1, 0.15) is 15.6 Å². The predicted octanol–water partition coefficient (Wildman–Crippen LogP) is 3.61. The smallest absolute Gasteiger partial charge is 0.263 e. The lowest BCUT2D eigenvalue weighted by atomic mass is 10.1. The molecule has 0 aliphatic carbocycles. The number of thioether (sulfide) groups is 1. The summed E-state index contributed by atoms with van der Waals surface area (Å²) < 4.78 is 42.5. The van der Waals surface area contributed by atoms with E-state index < -0.39 is 22.0 Å². The Hall–Kier alpha value is -2.21. The molecule has 1 aliphatic rings. The highest BCUT2D eigenvalue weighted by molar-refractivity contribution is 7.99. The van der Waals surface area contributed by atoms with E-state index in [2.05, 4.69) is 10.4 Å². The number of rotatable bonds is 6. The first-order chi connectivity index (χ1) is 15.3. The van der Waals surface area contributed by atoms with Gasteiger partial charge >= 0.3 is 0 Å². The molecule has 1 atom stereocenters. The van der Waals surface area contributed by atoms with Gasteiger partial charge in [0, 0.05) is 35.9 Å². The normalized spacial score (nSPS) is 16.1. The van der Waals surface area contributed by atoms with Crippen molar-refractivity contribution in [1.82, 2.24) is 19.4 Å². The minimum atomic E-state index is -3.72. The first-order valence-electron chi connectivity index (χ1n) is 10.1. The molecule has 11 heteroatoms. The summed E-state index contributed by atoms with van der Waals surface area (Å²) >= 11 is 2.84. The fourth-order valence-corrected chi connectivity index (χ4v) is 7.50. The van der Waals surface area contributed by atoms with Gasteiger partial charge in [0.25, 0.3) is 5.91 Å². The lowest BCUT2D eigenvalue weighted by Gasteiger charge is -2.25. The quantitative estimate of drug-likeness (QED) is 0.566. The van der Waals surface area contributed by atoms with Crippen LogP contribution >= 0.6 is 23.1 Å². The van der Waals surface area contributed by atoms with Gasteiger partial charge in [-0.25, -0.2) is 17.5 Å². The fraction of sp³-hybridized carbons (Fsp3) is 0.333. The van der Waals surface area contributed by atoms with Gasteiger partial charge in [-0.1, -0.05) is 0 Å². The molecule has 1 amide bonds. The Balaban J connectivity index is 1.53. The molecule has 2 aromatic heterocycles. The predicted molar refractivity (Wildman–Crippen MR) is 125 cm³/mol. The zero-order valence-electron chi connectivity index (χ0n) is 17.6. The number of carbonyl (C=O) groups is 1. The molecule has 0 bridgehead atoms. The third-order valence-corrected chi connectivity index (χ3v) is 9.28. The van der Waals surface area contributed by atoms with Crippen LogP contribution in [0, 0.1) is 12.7 Å². The van der Waals surface area contributed by atoms with E-state index in [1.807, 2.05) is 13.8 Å². The Morgan fingerprint density at radius 2 is 1.88 bits per heavy atom. The number of nitrogens with one attached hydrogen (secondary N) is 1. The van der Waals surface area contributed by atoms with E-state index in [1.54, 1.807) is 40.2 Å². The minimum Gasteiger partial charge on any atom is -0.345 e. The van der Waals surface area contributed by atoms with Crippen molar-refractivity contribution in [3.63, 3.8) is 0 Å². The Morgan fingerprint density at radius 3 is 2.56 bits per heavy atom. The summed E-state index contributed by atoms with van der Waals surface area (Å²) in [6.45, 7) is 4.58. The number of thiophene rings is 1. The van der Waals surface area contributed by atoms with Gasteiger partial charge in [-0.2, -0.15) is 21.2 Å². The van der Waals surface area contributed by atoms with Gasteiger partial charge in [-0.05, 0) is 49.6 Å². The van der Waals surface area contributed by atoms with Crippen LogP contribution in [0.2, 0.25) is 0 Å². The van der Waals surface area contributed by atoms with Crippen LogP contribution in [0.1, 0.15) is 33.9 Å². The number of benzene rings is 1. The average molecular weight is 495 g/mol. The summed E-state index contributed by atoms with van der Waals surface area (Å²) in [6, 6.07) is 7.08. The van der Waals surface area contributed by atoms with E-state index in [0.29, 0.717) is 18.8 Å². The number of aromatic nitrogens is 2. The van der Waals surface area contributed by atoms with Crippen LogP contribution in [0.5, 0.6) is 0 Å². The molecule has 0 radical (unpaired) electrons. The molecule has 170 valence electrons. The number of sulfonamides is 1. The van der Waals surface area contributed by atoms with Gasteiger partial charge in [-0.3, -0.25) is 4.79 Å². The van der Waals surface area contributed by atoms with Gasteiger partial charge in [0.05, 0.1) is 17.9 Å². The molecular weight excluding hydrogens is 471 g/mol. The summed E-state index contributed by atoms with van der Waals surface area (Å²) in [6.07, 6.45) is 1.65. The molecule has 1 N–H and O–H groups in total. The van der Waals surface area contributed by atoms with Crippen molar-refractivity contribution in [3.8, 4) is 5.69 Å². The number of nitrogens with zero attached hydrogens (tertiary/aromatic N) is 3. The maximum atomic E-state index is 13.2. The van der Waals surface area contributed by atoms with Crippen LogP contribution in [0.15, 0.2) is 46.8 Å². The van der Waals surface area contributed by atoms with E-state index in [4.69, 9.17) is 0 Å². The van der Waals surface area contributed by atoms with Crippen LogP contribution in [-0.2, 0) is 10.0 Å². The summed E-state index contributed by atoms with van der Waals surface area (Å²) in [5, 5.41) is 8.89. The monoisotopic (exact) mass is 494 g/mol. The Kier molecular flexibility index (Phi) is 6.70. The molecular formula is C21H23FN4O3S3. The number of carbonyl (C=O) groups excluding carboxylic acids is 1. The van der Waals surface area contributed by atoms with Crippen molar-refractivity contribution in [1.29, 1.82) is 0 Å². The minimum absolute atomic E-state index is 0.0535. The second kappa shape index (κ2) is 9.34. The van der Waals surface area contributed by atoms with Crippen molar-refractivity contribution >= 4 is 39.0 Å². The van der Waals surface area contributed by atoms with Crippen molar-refractivity contribution in [2.75, 3.05) is 24.6 Å². The molecule has 3 heterocycles. The maximum absolute atomic E-state index is 13.2. The summed E-state index contributed by atoms with van der Waals surface area (Å²) in [4.78, 5) is 13.2. The van der Waals surface area contributed by atoms with Crippen LogP contribution in [0.3, 0.4) is 0 Å². The topological polar surface area (TPSA) is 84.3 Å². The van der Waals surface area contributed by atoms with Crippen LogP contribution < -0.4 is 5.32 Å². The SMILES string of the molecule is Cc1c(C(C)NC(=O)c2sccc2S(=O)(=O)N2CCSCC2)cnn1-c1ccc(F)cc1. The molecule has 1 aromatic carbocycles. The zero-order valence-corrected chi connectivity index (χ0v) is 20.1. The molecule has 0 saturated carbocycles. The first-order valence-corrected chi connectivity index (χ1v) is 13.5. The lowest BCUT2D eigenvalue weighted by molar-refractivity contribution is 0.0940. The molecule has 4 rings (SSSR count). The van der Waals surface area contributed by atoms with Gasteiger partial charge < -0.3 is 5.32 Å². The Morgan fingerprint density at radius 1 is 1.19 bits per heavy atom. The second-order valence-corrected chi connectivity index (χ2v) is 11.4. The highest BCUT2D eigenvalue weighted by Gasteiger charge is 2.31. The molecule has 32 heavy (non-hydrogen) atoms. The van der Waals surface area contributed by atoms with E-state index in [0.717, 1.165) is 34.1 Å².